The second-order valence-corrected chi connectivity index (χ2v) is 7.23. The maximum absolute atomic E-state index is 11.6. The number of aliphatic hydroxyl groups is 1. The smallest absolute Gasteiger partial charge is 0.233 e. The monoisotopic (exact) mass is 415 g/mol. The van der Waals surface area contributed by atoms with Gasteiger partial charge in [-0.05, 0) is 32.7 Å². The van der Waals surface area contributed by atoms with E-state index in [0.717, 1.165) is 57.8 Å². The highest BCUT2D eigenvalue weighted by Gasteiger charge is 2.00. The van der Waals surface area contributed by atoms with Crippen LogP contribution in [0.1, 0.15) is 89.9 Å². The number of unbranched alkanes of at least 4 members (excludes halogenated alkanes) is 11. The first-order valence-electron chi connectivity index (χ1n) is 11.3. The Morgan fingerprint density at radius 2 is 1.31 bits per heavy atom. The summed E-state index contributed by atoms with van der Waals surface area (Å²) in [5, 5.41) is 16.8. The van der Waals surface area contributed by atoms with Crippen molar-refractivity contribution in [2.45, 2.75) is 89.9 Å². The van der Waals surface area contributed by atoms with E-state index in [1.165, 1.54) is 32.1 Å². The third-order valence-electron chi connectivity index (χ3n) is 4.50. The summed E-state index contributed by atoms with van der Waals surface area (Å²) in [6.07, 6.45) is 15.6. The van der Waals surface area contributed by atoms with Gasteiger partial charge in [-0.2, -0.15) is 0 Å². The van der Waals surface area contributed by atoms with E-state index >= 15 is 0 Å². The minimum atomic E-state index is 0.0162. The van der Waals surface area contributed by atoms with Crippen molar-refractivity contribution in [1.82, 2.24) is 16.0 Å². The van der Waals surface area contributed by atoms with Crippen LogP contribution >= 0.6 is 0 Å². The molecule has 0 saturated carbocycles. The number of aldehydes is 1. The van der Waals surface area contributed by atoms with Gasteiger partial charge in [-0.3, -0.25) is 9.59 Å². The highest BCUT2D eigenvalue weighted by atomic mass is 16.3. The lowest BCUT2D eigenvalue weighted by Gasteiger charge is -2.05. The van der Waals surface area contributed by atoms with Crippen LogP contribution in [0.5, 0.6) is 0 Å². The van der Waals surface area contributed by atoms with Crippen LogP contribution in [0, 0.1) is 0 Å². The van der Waals surface area contributed by atoms with Gasteiger partial charge in [0.05, 0.1) is 6.54 Å². The molecule has 0 aliphatic heterocycles. The molecular formula is C22H45N3O4. The molecule has 0 unspecified atom stereocenters. The summed E-state index contributed by atoms with van der Waals surface area (Å²) in [4.78, 5) is 32.0. The van der Waals surface area contributed by atoms with Crippen LogP contribution in [0.3, 0.4) is 0 Å². The predicted octanol–water partition coefficient (Wildman–Crippen LogP) is 2.71. The Balaban J connectivity index is 0. The van der Waals surface area contributed by atoms with Gasteiger partial charge in [0.15, 0.2) is 0 Å². The molecule has 0 saturated heterocycles. The molecule has 0 heterocycles. The SMILES string of the molecule is CNCC(=O)NC.O=CCCCCCCCCCCC(=O)NCCCCCCO. The molecule has 0 rings (SSSR count). The van der Waals surface area contributed by atoms with E-state index < -0.39 is 0 Å². The Hall–Kier alpha value is -1.47. The normalized spacial score (nSPS) is 10.0. The Kier molecular flexibility index (Phi) is 27.2. The fourth-order valence-corrected chi connectivity index (χ4v) is 2.73. The Bertz CT molecular complexity index is 379. The van der Waals surface area contributed by atoms with E-state index in [4.69, 9.17) is 5.11 Å². The molecule has 0 aliphatic rings. The molecule has 29 heavy (non-hydrogen) atoms. The number of hydrogen-bond donors (Lipinski definition) is 4. The van der Waals surface area contributed by atoms with Gasteiger partial charge in [-0.15, -0.1) is 0 Å². The first kappa shape index (κ1) is 29.7. The summed E-state index contributed by atoms with van der Waals surface area (Å²) in [5.74, 6) is 0.193. The van der Waals surface area contributed by atoms with Crippen molar-refractivity contribution >= 4 is 18.1 Å². The molecule has 0 aliphatic carbocycles. The predicted molar refractivity (Wildman–Crippen MR) is 119 cm³/mol. The molecule has 0 atom stereocenters. The van der Waals surface area contributed by atoms with Gasteiger partial charge in [0.2, 0.25) is 11.8 Å². The zero-order valence-electron chi connectivity index (χ0n) is 18.8. The third kappa shape index (κ3) is 28.8. The lowest BCUT2D eigenvalue weighted by Crippen LogP contribution is -2.28. The Morgan fingerprint density at radius 3 is 1.83 bits per heavy atom. The topological polar surface area (TPSA) is 108 Å². The number of rotatable bonds is 19. The fraction of sp³-hybridized carbons (Fsp3) is 0.864. The Morgan fingerprint density at radius 1 is 0.759 bits per heavy atom. The largest absolute Gasteiger partial charge is 0.396 e. The standard InChI is InChI=1S/C18H35NO3.C4H10N2O/c20-16-12-8-5-3-1-2-4-6-10-14-18(22)19-15-11-7-9-13-17-21;1-5-3-4(7)6-2/h16,21H,1-15,17H2,(H,19,22);5H,3H2,1-2H3,(H,6,7). The van der Waals surface area contributed by atoms with Gasteiger partial charge in [0.25, 0.3) is 0 Å². The summed E-state index contributed by atoms with van der Waals surface area (Å²) in [7, 11) is 3.34. The third-order valence-corrected chi connectivity index (χ3v) is 4.50. The highest BCUT2D eigenvalue weighted by Crippen LogP contribution is 2.10. The average molecular weight is 416 g/mol. The van der Waals surface area contributed by atoms with Crippen LogP contribution in [-0.2, 0) is 14.4 Å². The van der Waals surface area contributed by atoms with Gasteiger partial charge < -0.3 is 25.9 Å². The molecule has 0 radical (unpaired) electrons. The zero-order chi connectivity index (χ0) is 22.0. The van der Waals surface area contributed by atoms with E-state index in [1.807, 2.05) is 0 Å². The molecular weight excluding hydrogens is 370 g/mol. The van der Waals surface area contributed by atoms with Crippen LogP contribution in [0.2, 0.25) is 0 Å². The van der Waals surface area contributed by atoms with Crippen molar-refractivity contribution in [3.05, 3.63) is 0 Å². The molecule has 0 aromatic carbocycles. The quantitative estimate of drug-likeness (QED) is 0.192. The number of carbonyl (C=O) groups is 3. The van der Waals surface area contributed by atoms with Gasteiger partial charge in [-0.1, -0.05) is 51.4 Å². The number of amides is 2. The van der Waals surface area contributed by atoms with Gasteiger partial charge >= 0.3 is 0 Å². The van der Waals surface area contributed by atoms with Crippen molar-refractivity contribution in [1.29, 1.82) is 0 Å². The van der Waals surface area contributed by atoms with E-state index in [9.17, 15) is 14.4 Å². The highest BCUT2D eigenvalue weighted by molar-refractivity contribution is 5.77. The molecule has 0 aromatic rings. The maximum Gasteiger partial charge on any atom is 0.233 e. The van der Waals surface area contributed by atoms with E-state index in [1.54, 1.807) is 14.1 Å². The van der Waals surface area contributed by atoms with Crippen LogP contribution in [0.15, 0.2) is 0 Å². The molecule has 0 aromatic heterocycles. The summed E-state index contributed by atoms with van der Waals surface area (Å²) in [5.41, 5.74) is 0. The minimum Gasteiger partial charge on any atom is -0.396 e. The van der Waals surface area contributed by atoms with Crippen molar-refractivity contribution in [2.75, 3.05) is 33.8 Å². The maximum atomic E-state index is 11.6. The van der Waals surface area contributed by atoms with E-state index in [0.29, 0.717) is 19.4 Å². The van der Waals surface area contributed by atoms with Crippen LogP contribution in [0.25, 0.3) is 0 Å². The van der Waals surface area contributed by atoms with Crippen molar-refractivity contribution in [2.24, 2.45) is 0 Å². The molecule has 4 N–H and O–H groups in total. The lowest BCUT2D eigenvalue weighted by atomic mass is 10.1. The molecule has 0 spiro atoms. The fourth-order valence-electron chi connectivity index (χ4n) is 2.73. The van der Waals surface area contributed by atoms with Gasteiger partial charge in [0, 0.05) is 33.0 Å². The first-order valence-corrected chi connectivity index (χ1v) is 11.3. The first-order chi connectivity index (χ1) is 14.1. The van der Waals surface area contributed by atoms with Crippen molar-refractivity contribution in [3.63, 3.8) is 0 Å². The van der Waals surface area contributed by atoms with Crippen molar-refractivity contribution < 1.29 is 19.5 Å². The number of likely N-dealkylation sites (N-methyl/N-ethyl adjacent to an activating group) is 2. The average Bonchev–Trinajstić information content (AvgIpc) is 2.72. The second-order valence-electron chi connectivity index (χ2n) is 7.23. The molecule has 0 fully saturated rings. The molecule has 7 heteroatoms. The van der Waals surface area contributed by atoms with E-state index in [-0.39, 0.29) is 18.4 Å². The number of carbonyl (C=O) groups excluding carboxylic acids is 3. The number of hydrogen-bond acceptors (Lipinski definition) is 5. The molecule has 7 nitrogen and oxygen atoms in total. The molecule has 172 valence electrons. The number of nitrogens with one attached hydrogen (secondary N) is 3. The van der Waals surface area contributed by atoms with Gasteiger partial charge in [-0.25, -0.2) is 0 Å². The summed E-state index contributed by atoms with van der Waals surface area (Å²) < 4.78 is 0. The molecule has 2 amide bonds. The summed E-state index contributed by atoms with van der Waals surface area (Å²) >= 11 is 0. The zero-order valence-corrected chi connectivity index (χ0v) is 18.8. The van der Waals surface area contributed by atoms with Crippen LogP contribution < -0.4 is 16.0 Å². The Labute approximate surface area is 177 Å². The van der Waals surface area contributed by atoms with Crippen LogP contribution in [-0.4, -0.2) is 57.0 Å². The second kappa shape index (κ2) is 26.5. The summed E-state index contributed by atoms with van der Waals surface area (Å²) in [6.45, 7) is 1.44. The molecule has 0 bridgehead atoms. The van der Waals surface area contributed by atoms with Crippen molar-refractivity contribution in [3.8, 4) is 0 Å². The van der Waals surface area contributed by atoms with E-state index in [2.05, 4.69) is 16.0 Å². The minimum absolute atomic E-state index is 0.0162. The number of aliphatic hydroxyl groups excluding tert-OH is 1. The summed E-state index contributed by atoms with van der Waals surface area (Å²) in [6, 6.07) is 0. The lowest BCUT2D eigenvalue weighted by molar-refractivity contribution is -0.121. The van der Waals surface area contributed by atoms with Gasteiger partial charge in [0.1, 0.15) is 6.29 Å². The van der Waals surface area contributed by atoms with Crippen LogP contribution in [0.4, 0.5) is 0 Å².